The molecule has 0 radical (unpaired) electrons. The van der Waals surface area contributed by atoms with Gasteiger partial charge in [0.05, 0.1) is 5.69 Å². The Hall–Kier alpha value is -3.03. The number of hydrogen-bond acceptors (Lipinski definition) is 5. The predicted molar refractivity (Wildman–Crippen MR) is 108 cm³/mol. The standard InChI is InChI=1S/C19H13ClN6S/c1-12-17(25-11-5-4-8-15(25)21-12)18-22-23-19-26(18)24-16(27-19)10-9-13-6-2-3-7-14(13)20/h2-11H,1H3/b10-9+. The predicted octanol–water partition coefficient (Wildman–Crippen LogP) is 4.63. The van der Waals surface area contributed by atoms with Gasteiger partial charge in [0.1, 0.15) is 16.3 Å². The van der Waals surface area contributed by atoms with Gasteiger partial charge in [-0.1, -0.05) is 53.3 Å². The number of hydrogen-bond donors (Lipinski definition) is 0. The SMILES string of the molecule is Cc1nc2ccccn2c1-c1nnc2sc(/C=C/c3ccccc3Cl)nn12. The van der Waals surface area contributed by atoms with Gasteiger partial charge in [-0.2, -0.15) is 9.61 Å². The molecule has 4 heterocycles. The molecule has 0 spiro atoms. The van der Waals surface area contributed by atoms with Crippen molar-refractivity contribution in [3.05, 3.63) is 69.9 Å². The quantitative estimate of drug-likeness (QED) is 0.449. The van der Waals surface area contributed by atoms with E-state index in [1.165, 1.54) is 11.3 Å². The fourth-order valence-electron chi connectivity index (χ4n) is 3.00. The molecule has 0 aliphatic rings. The van der Waals surface area contributed by atoms with Gasteiger partial charge in [0.2, 0.25) is 10.8 Å². The molecule has 0 fully saturated rings. The Labute approximate surface area is 163 Å². The number of aryl methyl sites for hydroxylation is 1. The molecule has 132 valence electrons. The molecule has 0 aliphatic carbocycles. The molecule has 0 saturated heterocycles. The van der Waals surface area contributed by atoms with Gasteiger partial charge < -0.3 is 0 Å². The molecular formula is C19H13ClN6S. The maximum absolute atomic E-state index is 6.21. The maximum atomic E-state index is 6.21. The molecule has 6 nitrogen and oxygen atoms in total. The third-order valence-corrected chi connectivity index (χ3v) is 5.44. The molecule has 5 rings (SSSR count). The second-order valence-electron chi connectivity index (χ2n) is 5.99. The van der Waals surface area contributed by atoms with E-state index in [1.807, 2.05) is 72.1 Å². The Morgan fingerprint density at radius 2 is 1.89 bits per heavy atom. The molecule has 1 aromatic carbocycles. The highest BCUT2D eigenvalue weighted by atomic mass is 35.5. The van der Waals surface area contributed by atoms with Gasteiger partial charge in [0, 0.05) is 11.2 Å². The van der Waals surface area contributed by atoms with Crippen LogP contribution in [0.2, 0.25) is 5.02 Å². The highest BCUT2D eigenvalue weighted by molar-refractivity contribution is 7.17. The molecule has 0 bridgehead atoms. The van der Waals surface area contributed by atoms with Crippen molar-refractivity contribution >= 4 is 45.7 Å². The van der Waals surface area contributed by atoms with Gasteiger partial charge in [0.25, 0.3) is 0 Å². The molecule has 8 heteroatoms. The van der Waals surface area contributed by atoms with Crippen LogP contribution in [-0.4, -0.2) is 29.2 Å². The van der Waals surface area contributed by atoms with E-state index in [0.717, 1.165) is 32.6 Å². The number of pyridine rings is 1. The molecule has 0 amide bonds. The number of rotatable bonds is 3. The van der Waals surface area contributed by atoms with Crippen molar-refractivity contribution in [2.75, 3.05) is 0 Å². The van der Waals surface area contributed by atoms with Crippen LogP contribution in [0.3, 0.4) is 0 Å². The lowest BCUT2D eigenvalue weighted by Gasteiger charge is -1.99. The van der Waals surface area contributed by atoms with Crippen molar-refractivity contribution in [3.63, 3.8) is 0 Å². The molecule has 0 saturated carbocycles. The van der Waals surface area contributed by atoms with Crippen molar-refractivity contribution < 1.29 is 0 Å². The highest BCUT2D eigenvalue weighted by Gasteiger charge is 2.19. The van der Waals surface area contributed by atoms with E-state index in [0.29, 0.717) is 10.8 Å². The first kappa shape index (κ1) is 16.2. The Morgan fingerprint density at radius 3 is 2.78 bits per heavy atom. The first-order chi connectivity index (χ1) is 13.2. The van der Waals surface area contributed by atoms with Gasteiger partial charge in [-0.3, -0.25) is 4.40 Å². The van der Waals surface area contributed by atoms with Gasteiger partial charge >= 0.3 is 0 Å². The summed E-state index contributed by atoms with van der Waals surface area (Å²) in [5.41, 5.74) is 3.60. The summed E-state index contributed by atoms with van der Waals surface area (Å²) in [5, 5.41) is 14.8. The second-order valence-corrected chi connectivity index (χ2v) is 7.38. The van der Waals surface area contributed by atoms with Crippen LogP contribution in [0.5, 0.6) is 0 Å². The third kappa shape index (κ3) is 2.72. The topological polar surface area (TPSA) is 60.4 Å². The molecule has 0 atom stereocenters. The lowest BCUT2D eigenvalue weighted by molar-refractivity contribution is 0.944. The van der Waals surface area contributed by atoms with Crippen molar-refractivity contribution in [2.24, 2.45) is 0 Å². The summed E-state index contributed by atoms with van der Waals surface area (Å²) in [5.74, 6) is 0.676. The van der Waals surface area contributed by atoms with Crippen LogP contribution in [0.25, 0.3) is 34.3 Å². The van der Waals surface area contributed by atoms with Crippen LogP contribution >= 0.6 is 22.9 Å². The summed E-state index contributed by atoms with van der Waals surface area (Å²) in [4.78, 5) is 5.33. The van der Waals surface area contributed by atoms with Crippen molar-refractivity contribution in [3.8, 4) is 11.5 Å². The number of benzene rings is 1. The minimum absolute atomic E-state index is 0.676. The van der Waals surface area contributed by atoms with Crippen LogP contribution in [0.4, 0.5) is 0 Å². The molecule has 0 unspecified atom stereocenters. The largest absolute Gasteiger partial charge is 0.297 e. The number of fused-ring (bicyclic) bond motifs is 2. The molecule has 4 aromatic heterocycles. The van der Waals surface area contributed by atoms with Crippen LogP contribution in [0.1, 0.15) is 16.3 Å². The smallest absolute Gasteiger partial charge is 0.235 e. The Balaban J connectivity index is 1.60. The van der Waals surface area contributed by atoms with Gasteiger partial charge in [-0.05, 0) is 36.8 Å². The average Bonchev–Trinajstić information content (AvgIpc) is 3.33. The minimum Gasteiger partial charge on any atom is -0.297 e. The monoisotopic (exact) mass is 392 g/mol. The Kier molecular flexibility index (Phi) is 3.77. The Bertz CT molecular complexity index is 1310. The number of imidazole rings is 1. The van der Waals surface area contributed by atoms with Gasteiger partial charge in [-0.25, -0.2) is 4.98 Å². The zero-order valence-corrected chi connectivity index (χ0v) is 15.8. The van der Waals surface area contributed by atoms with Crippen LogP contribution in [-0.2, 0) is 0 Å². The summed E-state index contributed by atoms with van der Waals surface area (Å²) in [6.07, 6.45) is 5.86. The lowest BCUT2D eigenvalue weighted by atomic mass is 10.2. The van der Waals surface area contributed by atoms with E-state index in [2.05, 4.69) is 20.3 Å². The number of aromatic nitrogens is 6. The minimum atomic E-state index is 0.676. The first-order valence-electron chi connectivity index (χ1n) is 8.29. The van der Waals surface area contributed by atoms with Crippen LogP contribution in [0.15, 0.2) is 48.7 Å². The first-order valence-corrected chi connectivity index (χ1v) is 9.49. The fourth-order valence-corrected chi connectivity index (χ4v) is 3.94. The van der Waals surface area contributed by atoms with Crippen LogP contribution in [0, 0.1) is 6.92 Å². The number of nitrogens with zero attached hydrogens (tertiary/aromatic N) is 6. The maximum Gasteiger partial charge on any atom is 0.235 e. The number of halogens is 1. The van der Waals surface area contributed by atoms with E-state index in [1.54, 1.807) is 4.52 Å². The summed E-state index contributed by atoms with van der Waals surface area (Å²) in [6.45, 7) is 1.97. The molecule has 0 aliphatic heterocycles. The third-order valence-electron chi connectivity index (χ3n) is 4.23. The van der Waals surface area contributed by atoms with E-state index < -0.39 is 0 Å². The lowest BCUT2D eigenvalue weighted by Crippen LogP contribution is -1.96. The summed E-state index contributed by atoms with van der Waals surface area (Å²) in [6, 6.07) is 13.6. The van der Waals surface area contributed by atoms with Crippen molar-refractivity contribution in [1.82, 2.24) is 29.2 Å². The summed E-state index contributed by atoms with van der Waals surface area (Å²) >= 11 is 7.68. The Morgan fingerprint density at radius 1 is 1.04 bits per heavy atom. The van der Waals surface area contributed by atoms with Crippen molar-refractivity contribution in [2.45, 2.75) is 6.92 Å². The molecule has 27 heavy (non-hydrogen) atoms. The highest BCUT2D eigenvalue weighted by Crippen LogP contribution is 2.26. The zero-order valence-electron chi connectivity index (χ0n) is 14.2. The van der Waals surface area contributed by atoms with E-state index in [4.69, 9.17) is 11.6 Å². The summed E-state index contributed by atoms with van der Waals surface area (Å²) < 4.78 is 3.77. The van der Waals surface area contributed by atoms with E-state index in [9.17, 15) is 0 Å². The van der Waals surface area contributed by atoms with Crippen molar-refractivity contribution in [1.29, 1.82) is 0 Å². The van der Waals surface area contributed by atoms with E-state index in [-0.39, 0.29) is 0 Å². The van der Waals surface area contributed by atoms with Crippen LogP contribution < -0.4 is 0 Å². The van der Waals surface area contributed by atoms with E-state index >= 15 is 0 Å². The molecular weight excluding hydrogens is 380 g/mol. The normalized spacial score (nSPS) is 11.9. The fraction of sp³-hybridized carbons (Fsp3) is 0.0526. The molecule has 0 N–H and O–H groups in total. The average molecular weight is 393 g/mol. The molecule has 5 aromatic rings. The van der Waals surface area contributed by atoms with Gasteiger partial charge in [0.15, 0.2) is 0 Å². The van der Waals surface area contributed by atoms with Gasteiger partial charge in [-0.15, -0.1) is 10.2 Å². The zero-order chi connectivity index (χ0) is 18.4. The summed E-state index contributed by atoms with van der Waals surface area (Å²) in [7, 11) is 0. The second kappa shape index (κ2) is 6.29.